The Kier molecular flexibility index (Phi) is 5.97. The summed E-state index contributed by atoms with van der Waals surface area (Å²) in [6.07, 6.45) is 0. The number of piperazine rings is 1. The Balaban J connectivity index is 1.40. The molecular formula is C23H23FN4O3. The zero-order valence-electron chi connectivity index (χ0n) is 17.4. The van der Waals surface area contributed by atoms with E-state index in [9.17, 15) is 9.18 Å². The molecule has 7 nitrogen and oxygen atoms in total. The highest BCUT2D eigenvalue weighted by molar-refractivity contribution is 5.97. The van der Waals surface area contributed by atoms with Crippen molar-refractivity contribution in [1.29, 1.82) is 0 Å². The van der Waals surface area contributed by atoms with Crippen LogP contribution in [0.1, 0.15) is 10.4 Å². The fourth-order valence-electron chi connectivity index (χ4n) is 3.55. The van der Waals surface area contributed by atoms with Crippen LogP contribution >= 0.6 is 0 Å². The third-order valence-electron chi connectivity index (χ3n) is 5.32. The number of methoxy groups -OCH3 is 2. The first kappa shape index (κ1) is 20.6. The quantitative estimate of drug-likeness (QED) is 0.629. The maximum Gasteiger partial charge on any atom is 0.257 e. The summed E-state index contributed by atoms with van der Waals surface area (Å²) in [4.78, 5) is 16.9. The van der Waals surface area contributed by atoms with E-state index in [4.69, 9.17) is 9.47 Å². The van der Waals surface area contributed by atoms with E-state index in [0.29, 0.717) is 48.9 Å². The van der Waals surface area contributed by atoms with E-state index in [1.54, 1.807) is 42.3 Å². The fourth-order valence-corrected chi connectivity index (χ4v) is 3.55. The second-order valence-electron chi connectivity index (χ2n) is 7.13. The number of amides is 1. The first-order valence-corrected chi connectivity index (χ1v) is 9.95. The Morgan fingerprint density at radius 3 is 2.26 bits per heavy atom. The first-order valence-electron chi connectivity index (χ1n) is 9.95. The van der Waals surface area contributed by atoms with Crippen LogP contribution in [0.3, 0.4) is 0 Å². The van der Waals surface area contributed by atoms with Crippen molar-refractivity contribution in [2.45, 2.75) is 0 Å². The molecule has 1 amide bonds. The van der Waals surface area contributed by atoms with Crippen molar-refractivity contribution in [3.63, 3.8) is 0 Å². The lowest BCUT2D eigenvalue weighted by Crippen LogP contribution is -2.49. The second-order valence-corrected chi connectivity index (χ2v) is 7.13. The van der Waals surface area contributed by atoms with E-state index in [0.717, 1.165) is 11.4 Å². The van der Waals surface area contributed by atoms with Gasteiger partial charge in [-0.05, 0) is 48.5 Å². The third kappa shape index (κ3) is 4.42. The SMILES string of the molecule is COc1ccc(C(=O)N2CCN(c3ccc(-c4ccc(F)cc4)nn3)CC2)c(OC)c1. The Morgan fingerprint density at radius 1 is 0.903 bits per heavy atom. The maximum atomic E-state index is 13.1. The van der Waals surface area contributed by atoms with Gasteiger partial charge in [-0.2, -0.15) is 0 Å². The molecule has 1 saturated heterocycles. The number of carbonyl (C=O) groups is 1. The number of carbonyl (C=O) groups excluding carboxylic acids is 1. The van der Waals surface area contributed by atoms with Gasteiger partial charge in [-0.15, -0.1) is 10.2 Å². The van der Waals surface area contributed by atoms with Crippen molar-refractivity contribution >= 4 is 11.7 Å². The average molecular weight is 422 g/mol. The van der Waals surface area contributed by atoms with Gasteiger partial charge in [0.05, 0.1) is 25.5 Å². The molecule has 0 bridgehead atoms. The third-order valence-corrected chi connectivity index (χ3v) is 5.32. The number of ether oxygens (including phenoxy) is 2. The van der Waals surface area contributed by atoms with E-state index in [2.05, 4.69) is 15.1 Å². The van der Waals surface area contributed by atoms with Crippen LogP contribution in [-0.4, -0.2) is 61.4 Å². The molecule has 2 heterocycles. The molecule has 31 heavy (non-hydrogen) atoms. The van der Waals surface area contributed by atoms with Crippen molar-refractivity contribution in [2.24, 2.45) is 0 Å². The molecule has 0 radical (unpaired) electrons. The summed E-state index contributed by atoms with van der Waals surface area (Å²) in [6.45, 7) is 2.42. The van der Waals surface area contributed by atoms with Crippen LogP contribution in [0.25, 0.3) is 11.3 Å². The van der Waals surface area contributed by atoms with Crippen LogP contribution in [0.2, 0.25) is 0 Å². The predicted molar refractivity (Wildman–Crippen MR) is 115 cm³/mol. The van der Waals surface area contributed by atoms with Crippen LogP contribution in [-0.2, 0) is 0 Å². The molecule has 8 heteroatoms. The summed E-state index contributed by atoms with van der Waals surface area (Å²) < 4.78 is 23.7. The lowest BCUT2D eigenvalue weighted by molar-refractivity contribution is 0.0743. The molecule has 1 aliphatic heterocycles. The molecular weight excluding hydrogens is 399 g/mol. The molecule has 0 saturated carbocycles. The van der Waals surface area contributed by atoms with Crippen LogP contribution in [0.4, 0.5) is 10.2 Å². The van der Waals surface area contributed by atoms with Gasteiger partial charge in [0.15, 0.2) is 5.82 Å². The second kappa shape index (κ2) is 8.99. The van der Waals surface area contributed by atoms with Crippen molar-refractivity contribution in [3.8, 4) is 22.8 Å². The zero-order chi connectivity index (χ0) is 21.8. The number of hydrogen-bond acceptors (Lipinski definition) is 6. The monoisotopic (exact) mass is 422 g/mol. The van der Waals surface area contributed by atoms with Crippen molar-refractivity contribution in [3.05, 3.63) is 66.0 Å². The molecule has 1 fully saturated rings. The van der Waals surface area contributed by atoms with Gasteiger partial charge in [0.1, 0.15) is 17.3 Å². The van der Waals surface area contributed by atoms with Gasteiger partial charge in [0.25, 0.3) is 5.91 Å². The largest absolute Gasteiger partial charge is 0.497 e. The van der Waals surface area contributed by atoms with Crippen LogP contribution < -0.4 is 14.4 Å². The minimum atomic E-state index is -0.284. The van der Waals surface area contributed by atoms with Gasteiger partial charge in [-0.1, -0.05) is 0 Å². The molecule has 0 atom stereocenters. The van der Waals surface area contributed by atoms with Crippen molar-refractivity contribution in [1.82, 2.24) is 15.1 Å². The number of anilines is 1. The van der Waals surface area contributed by atoms with Gasteiger partial charge in [0.2, 0.25) is 0 Å². The molecule has 1 aromatic heterocycles. The lowest BCUT2D eigenvalue weighted by atomic mass is 10.1. The minimum absolute atomic E-state index is 0.0723. The molecule has 3 aromatic rings. The molecule has 160 valence electrons. The number of aromatic nitrogens is 2. The number of hydrogen-bond donors (Lipinski definition) is 0. The first-order chi connectivity index (χ1) is 15.1. The van der Waals surface area contributed by atoms with Crippen LogP contribution in [0, 0.1) is 5.82 Å². The van der Waals surface area contributed by atoms with E-state index in [1.807, 2.05) is 12.1 Å². The fraction of sp³-hybridized carbons (Fsp3) is 0.261. The summed E-state index contributed by atoms with van der Waals surface area (Å²) in [6, 6.07) is 15.1. The zero-order valence-corrected chi connectivity index (χ0v) is 17.4. The van der Waals surface area contributed by atoms with Crippen LogP contribution in [0.5, 0.6) is 11.5 Å². The Labute approximate surface area is 180 Å². The molecule has 1 aliphatic rings. The lowest BCUT2D eigenvalue weighted by Gasteiger charge is -2.35. The van der Waals surface area contributed by atoms with Crippen molar-refractivity contribution < 1.29 is 18.7 Å². The van der Waals surface area contributed by atoms with E-state index in [-0.39, 0.29) is 11.7 Å². The average Bonchev–Trinajstić information content (AvgIpc) is 2.84. The van der Waals surface area contributed by atoms with Gasteiger partial charge in [-0.25, -0.2) is 4.39 Å². The van der Waals surface area contributed by atoms with Crippen molar-refractivity contribution in [2.75, 3.05) is 45.3 Å². The summed E-state index contributed by atoms with van der Waals surface area (Å²) in [5, 5.41) is 8.59. The molecule has 0 N–H and O–H groups in total. The molecule has 0 spiro atoms. The smallest absolute Gasteiger partial charge is 0.257 e. The van der Waals surface area contributed by atoms with E-state index < -0.39 is 0 Å². The standard InChI is InChI=1S/C23H23FN4O3/c1-30-18-7-8-19(21(15-18)31-2)23(29)28-13-11-27(12-14-28)22-10-9-20(25-26-22)16-3-5-17(24)6-4-16/h3-10,15H,11-14H2,1-2H3. The van der Waals surface area contributed by atoms with Gasteiger partial charge < -0.3 is 19.3 Å². The minimum Gasteiger partial charge on any atom is -0.497 e. The summed E-state index contributed by atoms with van der Waals surface area (Å²) in [5.74, 6) is 1.53. The Morgan fingerprint density at radius 2 is 1.65 bits per heavy atom. The predicted octanol–water partition coefficient (Wildman–Crippen LogP) is 3.26. The molecule has 0 unspecified atom stereocenters. The number of rotatable bonds is 5. The Bertz CT molecular complexity index is 1050. The van der Waals surface area contributed by atoms with Gasteiger partial charge in [0, 0.05) is 37.8 Å². The Hall–Kier alpha value is -3.68. The highest BCUT2D eigenvalue weighted by atomic mass is 19.1. The van der Waals surface area contributed by atoms with Gasteiger partial charge >= 0.3 is 0 Å². The van der Waals surface area contributed by atoms with E-state index >= 15 is 0 Å². The van der Waals surface area contributed by atoms with E-state index in [1.165, 1.54) is 19.2 Å². The maximum absolute atomic E-state index is 13.1. The normalized spacial score (nSPS) is 13.8. The number of nitrogens with zero attached hydrogens (tertiary/aromatic N) is 4. The number of benzene rings is 2. The number of halogens is 1. The highest BCUT2D eigenvalue weighted by Crippen LogP contribution is 2.26. The summed E-state index contributed by atoms with van der Waals surface area (Å²) in [7, 11) is 3.11. The van der Waals surface area contributed by atoms with Crippen LogP contribution in [0.15, 0.2) is 54.6 Å². The summed E-state index contributed by atoms with van der Waals surface area (Å²) >= 11 is 0. The topological polar surface area (TPSA) is 67.8 Å². The molecule has 0 aliphatic carbocycles. The highest BCUT2D eigenvalue weighted by Gasteiger charge is 2.25. The molecule has 4 rings (SSSR count). The molecule has 2 aromatic carbocycles. The summed E-state index contributed by atoms with van der Waals surface area (Å²) in [5.41, 5.74) is 2.01. The van der Waals surface area contributed by atoms with Gasteiger partial charge in [-0.3, -0.25) is 4.79 Å².